The molecule has 1 aromatic carbocycles. The molecule has 0 bridgehead atoms. The van der Waals surface area contributed by atoms with Gasteiger partial charge >= 0.3 is 5.69 Å². The van der Waals surface area contributed by atoms with Crippen LogP contribution in [-0.2, 0) is 6.42 Å². The minimum absolute atomic E-state index is 0.415. The van der Waals surface area contributed by atoms with Gasteiger partial charge in [0.2, 0.25) is 5.82 Å². The molecule has 1 atom stereocenters. The lowest BCUT2D eigenvalue weighted by molar-refractivity contribution is -0.387. The summed E-state index contributed by atoms with van der Waals surface area (Å²) in [6, 6.07) is 4.56. The van der Waals surface area contributed by atoms with Crippen molar-refractivity contribution in [3.8, 4) is 0 Å². The Morgan fingerprint density at radius 1 is 1.42 bits per heavy atom. The Hall–Kier alpha value is -1.49. The molecule has 4 nitrogen and oxygen atoms in total. The van der Waals surface area contributed by atoms with E-state index in [2.05, 4.69) is 19.2 Å². The fourth-order valence-corrected chi connectivity index (χ4v) is 1.99. The number of nitro benzene ring substituents is 1. The molecule has 0 amide bonds. The molecule has 0 aliphatic rings. The van der Waals surface area contributed by atoms with Crippen LogP contribution in [0.4, 0.5) is 10.1 Å². The summed E-state index contributed by atoms with van der Waals surface area (Å²) in [7, 11) is 0. The van der Waals surface area contributed by atoms with E-state index in [1.165, 1.54) is 12.1 Å². The van der Waals surface area contributed by atoms with E-state index in [-0.39, 0.29) is 0 Å². The topological polar surface area (TPSA) is 55.2 Å². The second-order valence-electron chi connectivity index (χ2n) is 4.64. The Morgan fingerprint density at radius 3 is 2.68 bits per heavy atom. The maximum atomic E-state index is 13.5. The first-order chi connectivity index (χ1) is 9.08. The summed E-state index contributed by atoms with van der Waals surface area (Å²) in [5, 5.41) is 14.0. The van der Waals surface area contributed by atoms with E-state index in [9.17, 15) is 14.5 Å². The third-order valence-electron chi connectivity index (χ3n) is 3.17. The van der Waals surface area contributed by atoms with E-state index in [1.807, 2.05) is 0 Å². The van der Waals surface area contributed by atoms with Crippen molar-refractivity contribution in [2.45, 2.75) is 45.6 Å². The number of nitrogens with zero attached hydrogens (tertiary/aromatic N) is 1. The van der Waals surface area contributed by atoms with Crippen molar-refractivity contribution in [1.29, 1.82) is 0 Å². The van der Waals surface area contributed by atoms with Crippen molar-refractivity contribution in [3.63, 3.8) is 0 Å². The van der Waals surface area contributed by atoms with Crippen LogP contribution in [0.1, 0.15) is 38.7 Å². The van der Waals surface area contributed by atoms with Gasteiger partial charge < -0.3 is 5.32 Å². The van der Waals surface area contributed by atoms with Gasteiger partial charge in [0.1, 0.15) is 0 Å². The quantitative estimate of drug-likeness (QED) is 0.580. The first kappa shape index (κ1) is 15.6. The molecule has 0 aromatic heterocycles. The zero-order valence-corrected chi connectivity index (χ0v) is 11.5. The van der Waals surface area contributed by atoms with Crippen LogP contribution >= 0.6 is 0 Å². The minimum atomic E-state index is -0.753. The number of aryl methyl sites for hydroxylation is 1. The first-order valence-corrected chi connectivity index (χ1v) is 6.74. The predicted molar refractivity (Wildman–Crippen MR) is 73.7 cm³/mol. The molecule has 0 fully saturated rings. The predicted octanol–water partition coefficient (Wildman–Crippen LogP) is 3.44. The molecule has 1 unspecified atom stereocenters. The third-order valence-corrected chi connectivity index (χ3v) is 3.17. The molecule has 0 spiro atoms. The molecular formula is C14H21FN2O2. The Morgan fingerprint density at radius 2 is 2.16 bits per heavy atom. The summed E-state index contributed by atoms with van der Waals surface area (Å²) >= 11 is 0. The fourth-order valence-electron chi connectivity index (χ4n) is 1.99. The monoisotopic (exact) mass is 268 g/mol. The number of benzene rings is 1. The van der Waals surface area contributed by atoms with Crippen LogP contribution in [0.5, 0.6) is 0 Å². The maximum Gasteiger partial charge on any atom is 0.304 e. The highest BCUT2D eigenvalue weighted by molar-refractivity contribution is 5.35. The number of halogens is 1. The molecule has 1 N–H and O–H groups in total. The van der Waals surface area contributed by atoms with E-state index in [0.29, 0.717) is 6.04 Å². The largest absolute Gasteiger partial charge is 0.314 e. The van der Waals surface area contributed by atoms with E-state index in [1.54, 1.807) is 6.07 Å². The van der Waals surface area contributed by atoms with Gasteiger partial charge in [-0.05, 0) is 43.9 Å². The normalized spacial score (nSPS) is 12.4. The molecule has 5 heteroatoms. The van der Waals surface area contributed by atoms with Gasteiger partial charge in [0.25, 0.3) is 0 Å². The van der Waals surface area contributed by atoms with Gasteiger partial charge in [0, 0.05) is 12.1 Å². The van der Waals surface area contributed by atoms with Crippen molar-refractivity contribution in [2.75, 3.05) is 6.54 Å². The molecule has 19 heavy (non-hydrogen) atoms. The van der Waals surface area contributed by atoms with E-state index < -0.39 is 16.4 Å². The fraction of sp³-hybridized carbons (Fsp3) is 0.571. The SMILES string of the molecule is CCCNC(CC)CCc1ccc([N+](=O)[O-])c(F)c1. The van der Waals surface area contributed by atoms with Crippen molar-refractivity contribution in [2.24, 2.45) is 0 Å². The van der Waals surface area contributed by atoms with Crippen LogP contribution in [0.15, 0.2) is 18.2 Å². The van der Waals surface area contributed by atoms with Crippen LogP contribution in [0.3, 0.4) is 0 Å². The highest BCUT2D eigenvalue weighted by Crippen LogP contribution is 2.19. The lowest BCUT2D eigenvalue weighted by atomic mass is 10.0. The second-order valence-corrected chi connectivity index (χ2v) is 4.64. The number of rotatable bonds is 8. The van der Waals surface area contributed by atoms with Crippen molar-refractivity contribution < 1.29 is 9.31 Å². The molecule has 0 saturated heterocycles. The molecular weight excluding hydrogens is 247 g/mol. The zero-order valence-electron chi connectivity index (χ0n) is 11.5. The third kappa shape index (κ3) is 4.95. The van der Waals surface area contributed by atoms with Crippen LogP contribution in [0.2, 0.25) is 0 Å². The van der Waals surface area contributed by atoms with Crippen molar-refractivity contribution >= 4 is 5.69 Å². The minimum Gasteiger partial charge on any atom is -0.314 e. The van der Waals surface area contributed by atoms with E-state index in [0.717, 1.165) is 37.8 Å². The summed E-state index contributed by atoms with van der Waals surface area (Å²) < 4.78 is 13.5. The number of nitrogens with one attached hydrogen (secondary N) is 1. The van der Waals surface area contributed by atoms with Gasteiger partial charge in [-0.15, -0.1) is 0 Å². The first-order valence-electron chi connectivity index (χ1n) is 6.74. The zero-order chi connectivity index (χ0) is 14.3. The number of hydrogen-bond acceptors (Lipinski definition) is 3. The summed E-state index contributed by atoms with van der Waals surface area (Å²) in [5.41, 5.74) is 0.347. The Balaban J connectivity index is 2.57. The average Bonchev–Trinajstić information content (AvgIpc) is 2.38. The standard InChI is InChI=1S/C14H21FN2O2/c1-3-9-16-12(4-2)7-5-11-6-8-14(17(18)19)13(15)10-11/h6,8,10,12,16H,3-5,7,9H2,1-2H3. The van der Waals surface area contributed by atoms with Gasteiger partial charge in [0.05, 0.1) is 4.92 Å². The highest BCUT2D eigenvalue weighted by atomic mass is 19.1. The summed E-state index contributed by atoms with van der Waals surface area (Å²) in [6.45, 7) is 5.21. The Bertz CT molecular complexity index is 424. The second kappa shape index (κ2) is 7.84. The lowest BCUT2D eigenvalue weighted by Crippen LogP contribution is -2.29. The van der Waals surface area contributed by atoms with Gasteiger partial charge in [0.15, 0.2) is 0 Å². The molecule has 0 radical (unpaired) electrons. The van der Waals surface area contributed by atoms with Crippen molar-refractivity contribution in [3.05, 3.63) is 39.7 Å². The smallest absolute Gasteiger partial charge is 0.304 e. The van der Waals surface area contributed by atoms with Gasteiger partial charge in [-0.1, -0.05) is 19.9 Å². The molecule has 0 aliphatic heterocycles. The Kier molecular flexibility index (Phi) is 6.42. The lowest BCUT2D eigenvalue weighted by Gasteiger charge is -2.16. The molecule has 1 aromatic rings. The molecule has 0 saturated carbocycles. The van der Waals surface area contributed by atoms with E-state index in [4.69, 9.17) is 0 Å². The van der Waals surface area contributed by atoms with Crippen LogP contribution in [0.25, 0.3) is 0 Å². The van der Waals surface area contributed by atoms with Gasteiger partial charge in [-0.25, -0.2) is 0 Å². The average molecular weight is 268 g/mol. The summed E-state index contributed by atoms with van der Waals surface area (Å²) in [6.07, 6.45) is 3.75. The van der Waals surface area contributed by atoms with Crippen LogP contribution < -0.4 is 5.32 Å². The summed E-state index contributed by atoms with van der Waals surface area (Å²) in [5.74, 6) is -0.753. The number of nitro groups is 1. The van der Waals surface area contributed by atoms with Gasteiger partial charge in [-0.3, -0.25) is 10.1 Å². The van der Waals surface area contributed by atoms with E-state index >= 15 is 0 Å². The molecule has 106 valence electrons. The molecule has 0 aliphatic carbocycles. The highest BCUT2D eigenvalue weighted by Gasteiger charge is 2.14. The summed E-state index contributed by atoms with van der Waals surface area (Å²) in [4.78, 5) is 9.82. The van der Waals surface area contributed by atoms with Crippen molar-refractivity contribution in [1.82, 2.24) is 5.32 Å². The molecule has 1 rings (SSSR count). The van der Waals surface area contributed by atoms with Crippen LogP contribution in [-0.4, -0.2) is 17.5 Å². The van der Waals surface area contributed by atoms with Crippen LogP contribution in [0, 0.1) is 15.9 Å². The Labute approximate surface area is 113 Å². The molecule has 0 heterocycles. The number of hydrogen-bond donors (Lipinski definition) is 1. The van der Waals surface area contributed by atoms with Gasteiger partial charge in [-0.2, -0.15) is 4.39 Å². The maximum absolute atomic E-state index is 13.5.